The maximum absolute atomic E-state index is 11.2. The number of methoxy groups -OCH3 is 1. The lowest BCUT2D eigenvalue weighted by Gasteiger charge is -2.22. The maximum atomic E-state index is 11.2. The summed E-state index contributed by atoms with van der Waals surface area (Å²) in [4.78, 5) is 21.8. The molecule has 0 amide bonds. The topological polar surface area (TPSA) is 87.7 Å². The normalized spacial score (nSPS) is 12.0. The highest BCUT2D eigenvalue weighted by Gasteiger charge is 2.16. The Bertz CT molecular complexity index is 1160. The van der Waals surface area contributed by atoms with Gasteiger partial charge in [0.2, 0.25) is 0 Å². The molecule has 0 aliphatic carbocycles. The van der Waals surface area contributed by atoms with E-state index >= 15 is 0 Å². The highest BCUT2D eigenvalue weighted by molar-refractivity contribution is 5.88. The Kier molecular flexibility index (Phi) is 12.5. The molecule has 0 aliphatic rings. The van der Waals surface area contributed by atoms with Crippen LogP contribution < -0.4 is 10.6 Å². The number of carbonyl (C=O) groups is 2. The Morgan fingerprint density at radius 3 is 1.44 bits per heavy atom. The largest absolute Gasteiger partial charge is 0.478 e. The fourth-order valence-corrected chi connectivity index (χ4v) is 3.60. The quantitative estimate of drug-likeness (QED) is 0.235. The zero-order chi connectivity index (χ0) is 30.0. The van der Waals surface area contributed by atoms with Crippen molar-refractivity contribution in [2.24, 2.45) is 0 Å². The Morgan fingerprint density at radius 1 is 0.744 bits per heavy atom. The summed E-state index contributed by atoms with van der Waals surface area (Å²) in [7, 11) is 1.38. The number of anilines is 2. The van der Waals surface area contributed by atoms with Gasteiger partial charge < -0.3 is 20.5 Å². The van der Waals surface area contributed by atoms with Gasteiger partial charge in [0.1, 0.15) is 0 Å². The molecule has 0 saturated heterocycles. The summed E-state index contributed by atoms with van der Waals surface area (Å²) in [6.07, 6.45) is 6.01. The lowest BCUT2D eigenvalue weighted by Crippen LogP contribution is -2.15. The van der Waals surface area contributed by atoms with Crippen molar-refractivity contribution >= 4 is 35.5 Å². The zero-order valence-corrected chi connectivity index (χ0v) is 25.6. The Labute approximate surface area is 235 Å². The molecule has 0 spiro atoms. The summed E-state index contributed by atoms with van der Waals surface area (Å²) in [5, 5.41) is 15.5. The fraction of sp³-hybridized carbons (Fsp3) is 0.455. The molecule has 2 rings (SSSR count). The van der Waals surface area contributed by atoms with Gasteiger partial charge in [0.05, 0.1) is 7.11 Å². The van der Waals surface area contributed by atoms with E-state index in [1.807, 2.05) is 18.2 Å². The minimum absolute atomic E-state index is 0.0719. The maximum Gasteiger partial charge on any atom is 0.330 e. The van der Waals surface area contributed by atoms with Crippen LogP contribution in [-0.4, -0.2) is 36.2 Å². The zero-order valence-electron chi connectivity index (χ0n) is 25.6. The van der Waals surface area contributed by atoms with Crippen LogP contribution in [0.4, 0.5) is 11.4 Å². The molecule has 0 aliphatic heterocycles. The third kappa shape index (κ3) is 12.2. The third-order valence-corrected chi connectivity index (χ3v) is 5.73. The van der Waals surface area contributed by atoms with Crippen LogP contribution in [0.2, 0.25) is 0 Å². The second-order valence-corrected chi connectivity index (χ2v) is 12.2. The number of ether oxygens (including phenoxy) is 1. The average molecular weight is 537 g/mol. The second-order valence-electron chi connectivity index (χ2n) is 12.2. The van der Waals surface area contributed by atoms with Crippen LogP contribution in [-0.2, 0) is 25.2 Å². The van der Waals surface area contributed by atoms with Gasteiger partial charge >= 0.3 is 11.9 Å². The van der Waals surface area contributed by atoms with Gasteiger partial charge in [-0.15, -0.1) is 0 Å². The molecule has 3 N–H and O–H groups in total. The van der Waals surface area contributed by atoms with E-state index in [1.165, 1.54) is 24.3 Å². The van der Waals surface area contributed by atoms with Crippen molar-refractivity contribution < 1.29 is 19.4 Å². The van der Waals surface area contributed by atoms with Crippen LogP contribution in [0.25, 0.3) is 12.2 Å². The highest BCUT2D eigenvalue weighted by Crippen LogP contribution is 2.29. The molecule has 0 heterocycles. The van der Waals surface area contributed by atoms with Crippen LogP contribution in [0.5, 0.6) is 0 Å². The Hall–Kier alpha value is -3.54. The summed E-state index contributed by atoms with van der Waals surface area (Å²) in [6, 6.07) is 13.0. The molecule has 0 bridgehead atoms. The first kappa shape index (κ1) is 33.5. The molecular weight excluding hydrogens is 488 g/mol. The van der Waals surface area contributed by atoms with Gasteiger partial charge in [0, 0.05) is 35.6 Å². The van der Waals surface area contributed by atoms with E-state index in [0.717, 1.165) is 28.6 Å². The first-order valence-corrected chi connectivity index (χ1v) is 13.4. The van der Waals surface area contributed by atoms with Crippen molar-refractivity contribution in [3.63, 3.8) is 0 Å². The monoisotopic (exact) mass is 536 g/mol. The molecule has 6 heteroatoms. The third-order valence-electron chi connectivity index (χ3n) is 5.73. The number of hydrogen-bond acceptors (Lipinski definition) is 5. The number of carbonyl (C=O) groups excluding carboxylic acids is 1. The van der Waals surface area contributed by atoms with E-state index in [1.54, 1.807) is 12.2 Å². The molecule has 0 saturated carbocycles. The van der Waals surface area contributed by atoms with Gasteiger partial charge in [0.25, 0.3) is 0 Å². The number of hydrogen-bond donors (Lipinski definition) is 3. The molecule has 0 radical (unpaired) electrons. The van der Waals surface area contributed by atoms with Gasteiger partial charge in [-0.25, -0.2) is 9.59 Å². The van der Waals surface area contributed by atoms with Crippen LogP contribution in [0.15, 0.2) is 48.6 Å². The smallest absolute Gasteiger partial charge is 0.330 e. The van der Waals surface area contributed by atoms with E-state index in [-0.39, 0.29) is 16.8 Å². The standard InChI is InChI=1S/C17H25NO2.C16H23NO2/c1-12(2)18-15-11-14(17(3,4)5)9-7-13(15)8-10-16(19)20-6;1-11(2)17-14-10-13(16(3,4)5)8-6-12(14)7-9-15(18)19/h7-12,18H,1-6H3;6-11,17H,1-5H3,(H,18,19)/b10-8+;9-7+. The molecule has 39 heavy (non-hydrogen) atoms. The van der Waals surface area contributed by atoms with Gasteiger partial charge in [-0.05, 0) is 85.1 Å². The first-order chi connectivity index (χ1) is 17.9. The minimum Gasteiger partial charge on any atom is -0.478 e. The molecule has 0 unspecified atom stereocenters. The number of nitrogens with one attached hydrogen (secondary N) is 2. The van der Waals surface area contributed by atoms with E-state index in [2.05, 4.69) is 103 Å². The average Bonchev–Trinajstić information content (AvgIpc) is 2.80. The minimum atomic E-state index is -0.935. The van der Waals surface area contributed by atoms with Crippen molar-refractivity contribution in [3.8, 4) is 0 Å². The lowest BCUT2D eigenvalue weighted by atomic mass is 9.86. The lowest BCUT2D eigenvalue weighted by molar-refractivity contribution is -0.135. The van der Waals surface area contributed by atoms with Crippen molar-refractivity contribution in [1.29, 1.82) is 0 Å². The second kappa shape index (κ2) is 14.6. The summed E-state index contributed by atoms with van der Waals surface area (Å²) >= 11 is 0. The number of carboxylic acid groups (broad SMARTS) is 1. The summed E-state index contributed by atoms with van der Waals surface area (Å²) < 4.78 is 4.62. The van der Waals surface area contributed by atoms with Crippen molar-refractivity contribution in [2.45, 2.75) is 92.2 Å². The fourth-order valence-electron chi connectivity index (χ4n) is 3.60. The predicted octanol–water partition coefficient (Wildman–Crippen LogP) is 7.89. The molecule has 2 aromatic rings. The molecule has 2 aromatic carbocycles. The van der Waals surface area contributed by atoms with Gasteiger partial charge in [0.15, 0.2) is 0 Å². The number of aliphatic carboxylic acids is 1. The molecule has 0 atom stereocenters. The number of carboxylic acids is 1. The Balaban J connectivity index is 0.000000391. The molecular formula is C33H48N2O4. The van der Waals surface area contributed by atoms with Gasteiger partial charge in [-0.3, -0.25) is 0 Å². The van der Waals surface area contributed by atoms with Crippen LogP contribution in [0.3, 0.4) is 0 Å². The van der Waals surface area contributed by atoms with Crippen LogP contribution >= 0.6 is 0 Å². The van der Waals surface area contributed by atoms with E-state index in [9.17, 15) is 9.59 Å². The van der Waals surface area contributed by atoms with Crippen molar-refractivity contribution in [2.75, 3.05) is 17.7 Å². The van der Waals surface area contributed by atoms with Gasteiger partial charge in [-0.2, -0.15) is 0 Å². The number of esters is 1. The van der Waals surface area contributed by atoms with E-state index in [4.69, 9.17) is 5.11 Å². The van der Waals surface area contributed by atoms with Crippen molar-refractivity contribution in [3.05, 3.63) is 70.8 Å². The highest BCUT2D eigenvalue weighted by atomic mass is 16.5. The summed E-state index contributed by atoms with van der Waals surface area (Å²) in [6.45, 7) is 21.4. The molecule has 0 aromatic heterocycles. The molecule has 214 valence electrons. The first-order valence-electron chi connectivity index (χ1n) is 13.4. The SMILES string of the molecule is CC(C)Nc1cc(C(C)(C)C)ccc1/C=C/C(=O)O.COC(=O)/C=C/c1ccc(C(C)(C)C)cc1NC(C)C. The summed E-state index contributed by atoms with van der Waals surface area (Å²) in [5.74, 6) is -1.28. The Morgan fingerprint density at radius 2 is 1.13 bits per heavy atom. The number of rotatable bonds is 8. The van der Waals surface area contributed by atoms with Crippen LogP contribution in [0, 0.1) is 0 Å². The predicted molar refractivity (Wildman–Crippen MR) is 166 cm³/mol. The van der Waals surface area contributed by atoms with Gasteiger partial charge in [-0.1, -0.05) is 65.8 Å². The van der Waals surface area contributed by atoms with E-state index < -0.39 is 5.97 Å². The summed E-state index contributed by atoms with van der Waals surface area (Å²) in [5.41, 5.74) is 6.54. The van der Waals surface area contributed by atoms with Crippen LogP contribution in [0.1, 0.15) is 91.5 Å². The van der Waals surface area contributed by atoms with Crippen molar-refractivity contribution in [1.82, 2.24) is 0 Å². The molecule has 6 nitrogen and oxygen atoms in total. The number of benzene rings is 2. The molecule has 0 fully saturated rings. The van der Waals surface area contributed by atoms with E-state index in [0.29, 0.717) is 12.1 Å².